The number of hydrogen-bond donors (Lipinski definition) is 0. The van der Waals surface area contributed by atoms with Gasteiger partial charge in [0.25, 0.3) is 0 Å². The van der Waals surface area contributed by atoms with Crippen LogP contribution in [0, 0.1) is 0 Å². The molecule has 0 aliphatic carbocycles. The fraction of sp³-hybridized carbons (Fsp3) is 0.174. The van der Waals surface area contributed by atoms with Crippen LogP contribution in [0.2, 0.25) is 0 Å². The molecule has 1 aliphatic rings. The van der Waals surface area contributed by atoms with Gasteiger partial charge in [-0.05, 0) is 35.4 Å². The lowest BCUT2D eigenvalue weighted by molar-refractivity contribution is -0.146. The van der Waals surface area contributed by atoms with Crippen LogP contribution in [-0.4, -0.2) is 23.2 Å². The van der Waals surface area contributed by atoms with Crippen LogP contribution in [0.15, 0.2) is 89.8 Å². The maximum Gasteiger partial charge on any atom is 0.239 e. The van der Waals surface area contributed by atoms with Gasteiger partial charge >= 0.3 is 0 Å². The Morgan fingerprint density at radius 2 is 1.52 bits per heavy atom. The number of rotatable bonds is 6. The average Bonchev–Trinajstić information content (AvgIpc) is 2.74. The van der Waals surface area contributed by atoms with Crippen molar-refractivity contribution in [1.29, 1.82) is 0 Å². The molecule has 0 unspecified atom stereocenters. The summed E-state index contributed by atoms with van der Waals surface area (Å²) in [7, 11) is 1.66. The lowest BCUT2D eigenvalue weighted by Gasteiger charge is -2.47. The molecule has 3 aromatic rings. The first-order valence-corrected chi connectivity index (χ1v) is 9.84. The van der Waals surface area contributed by atoms with Crippen molar-refractivity contribution in [2.24, 2.45) is 0 Å². The van der Waals surface area contributed by atoms with E-state index in [1.807, 2.05) is 53.4 Å². The van der Waals surface area contributed by atoms with Crippen LogP contribution in [0.25, 0.3) is 0 Å². The fourth-order valence-electron chi connectivity index (χ4n) is 3.39. The third-order valence-corrected chi connectivity index (χ3v) is 6.07. The summed E-state index contributed by atoms with van der Waals surface area (Å²) in [6, 6.07) is 28.4. The summed E-state index contributed by atoms with van der Waals surface area (Å²) >= 11 is 1.64. The molecular weight excluding hydrogens is 354 g/mol. The number of likely N-dealkylation sites (tertiary alicyclic amines) is 1. The van der Waals surface area contributed by atoms with E-state index in [0.29, 0.717) is 6.54 Å². The Bertz CT molecular complexity index is 845. The Hall–Kier alpha value is -2.72. The zero-order valence-electron chi connectivity index (χ0n) is 15.1. The third-order valence-electron chi connectivity index (χ3n) is 4.81. The van der Waals surface area contributed by atoms with Crippen molar-refractivity contribution in [3.63, 3.8) is 0 Å². The fourth-order valence-corrected chi connectivity index (χ4v) is 4.67. The quantitative estimate of drug-likeness (QED) is 0.572. The maximum absolute atomic E-state index is 13.0. The first-order chi connectivity index (χ1) is 13.3. The maximum atomic E-state index is 13.0. The molecule has 2 atom stereocenters. The molecule has 4 heteroatoms. The summed E-state index contributed by atoms with van der Waals surface area (Å²) in [5, 5.41) is -0.107. The molecule has 1 heterocycles. The molecule has 3 aromatic carbocycles. The van der Waals surface area contributed by atoms with Crippen molar-refractivity contribution in [2.75, 3.05) is 7.11 Å². The van der Waals surface area contributed by atoms with Gasteiger partial charge in [0, 0.05) is 11.4 Å². The minimum atomic E-state index is -0.107. The second-order valence-electron chi connectivity index (χ2n) is 6.52. The summed E-state index contributed by atoms with van der Waals surface area (Å²) in [4.78, 5) is 16.0. The molecule has 0 N–H and O–H groups in total. The molecule has 4 rings (SSSR count). The van der Waals surface area contributed by atoms with Gasteiger partial charge < -0.3 is 9.64 Å². The Labute approximate surface area is 164 Å². The molecule has 1 fully saturated rings. The number of thioether (sulfide) groups is 1. The molecule has 27 heavy (non-hydrogen) atoms. The first kappa shape index (κ1) is 17.7. The van der Waals surface area contributed by atoms with Crippen LogP contribution in [0.5, 0.6) is 5.75 Å². The van der Waals surface area contributed by atoms with Crippen molar-refractivity contribution < 1.29 is 9.53 Å². The molecule has 0 bridgehead atoms. The number of β-lactam (4-membered cyclic amide) rings is 1. The summed E-state index contributed by atoms with van der Waals surface area (Å²) in [6.07, 6.45) is 0. The van der Waals surface area contributed by atoms with Crippen molar-refractivity contribution in [3.05, 3.63) is 96.1 Å². The molecule has 136 valence electrons. The average molecular weight is 375 g/mol. The van der Waals surface area contributed by atoms with E-state index in [1.165, 1.54) is 0 Å². The molecular formula is C23H21NO2S. The third kappa shape index (κ3) is 3.71. The Morgan fingerprint density at radius 1 is 0.889 bits per heavy atom. The number of methoxy groups -OCH3 is 1. The Balaban J connectivity index is 1.61. The molecule has 1 aliphatic heterocycles. The monoisotopic (exact) mass is 375 g/mol. The van der Waals surface area contributed by atoms with Crippen molar-refractivity contribution in [3.8, 4) is 5.75 Å². The molecule has 0 spiro atoms. The number of carbonyl (C=O) groups excluding carboxylic acids is 1. The lowest BCUT2D eigenvalue weighted by Crippen LogP contribution is -2.56. The Morgan fingerprint density at radius 3 is 2.15 bits per heavy atom. The van der Waals surface area contributed by atoms with Gasteiger partial charge in [-0.2, -0.15) is 0 Å². The standard InChI is InChI=1S/C23H21NO2S/c1-26-19-14-12-18(13-15-19)21-22(27-20-10-6-3-7-11-20)23(25)24(21)16-17-8-4-2-5-9-17/h2-15,21-22H,16H2,1H3/t21-,22-/m1/s1. The number of hydrogen-bond acceptors (Lipinski definition) is 3. The minimum absolute atomic E-state index is 0.0498. The number of benzene rings is 3. The van der Waals surface area contributed by atoms with E-state index in [9.17, 15) is 4.79 Å². The van der Waals surface area contributed by atoms with Gasteiger partial charge in [0.1, 0.15) is 11.0 Å². The lowest BCUT2D eigenvalue weighted by atomic mass is 9.92. The van der Waals surface area contributed by atoms with E-state index in [0.717, 1.165) is 21.8 Å². The van der Waals surface area contributed by atoms with E-state index in [-0.39, 0.29) is 17.2 Å². The van der Waals surface area contributed by atoms with Gasteiger partial charge in [-0.3, -0.25) is 4.79 Å². The Kier molecular flexibility index (Phi) is 5.16. The van der Waals surface area contributed by atoms with Gasteiger partial charge in [-0.15, -0.1) is 11.8 Å². The summed E-state index contributed by atoms with van der Waals surface area (Å²) in [5.41, 5.74) is 2.28. The second kappa shape index (κ2) is 7.89. The zero-order valence-corrected chi connectivity index (χ0v) is 15.9. The van der Waals surface area contributed by atoms with Crippen molar-refractivity contribution in [2.45, 2.75) is 22.7 Å². The number of nitrogens with zero attached hydrogens (tertiary/aromatic N) is 1. The molecule has 3 nitrogen and oxygen atoms in total. The number of carbonyl (C=O) groups is 1. The topological polar surface area (TPSA) is 29.5 Å². The van der Waals surface area contributed by atoms with Crippen molar-refractivity contribution >= 4 is 17.7 Å². The van der Waals surface area contributed by atoms with Crippen LogP contribution in [-0.2, 0) is 11.3 Å². The van der Waals surface area contributed by atoms with Gasteiger partial charge in [0.15, 0.2) is 0 Å². The molecule has 1 saturated heterocycles. The van der Waals surface area contributed by atoms with Gasteiger partial charge in [0.05, 0.1) is 13.2 Å². The molecule has 1 amide bonds. The summed E-state index contributed by atoms with van der Waals surface area (Å²) in [5.74, 6) is 1.01. The van der Waals surface area contributed by atoms with Crippen LogP contribution in [0.1, 0.15) is 17.2 Å². The normalized spacial score (nSPS) is 18.9. The number of amides is 1. The van der Waals surface area contributed by atoms with Crippen molar-refractivity contribution in [1.82, 2.24) is 4.90 Å². The highest BCUT2D eigenvalue weighted by molar-refractivity contribution is 8.00. The highest BCUT2D eigenvalue weighted by Crippen LogP contribution is 2.45. The smallest absolute Gasteiger partial charge is 0.239 e. The van der Waals surface area contributed by atoms with Gasteiger partial charge in [-0.25, -0.2) is 0 Å². The second-order valence-corrected chi connectivity index (χ2v) is 7.74. The van der Waals surface area contributed by atoms with Crippen LogP contribution in [0.4, 0.5) is 0 Å². The summed E-state index contributed by atoms with van der Waals surface area (Å²) in [6.45, 7) is 0.627. The van der Waals surface area contributed by atoms with E-state index in [4.69, 9.17) is 4.74 Å². The van der Waals surface area contributed by atoms with E-state index in [1.54, 1.807) is 18.9 Å². The highest BCUT2D eigenvalue weighted by Gasteiger charge is 2.48. The van der Waals surface area contributed by atoms with E-state index < -0.39 is 0 Å². The summed E-state index contributed by atoms with van der Waals surface area (Å²) < 4.78 is 5.28. The predicted octanol–water partition coefficient (Wildman–Crippen LogP) is 4.94. The van der Waals surface area contributed by atoms with Crippen LogP contribution >= 0.6 is 11.8 Å². The predicted molar refractivity (Wildman–Crippen MR) is 109 cm³/mol. The van der Waals surface area contributed by atoms with Crippen LogP contribution in [0.3, 0.4) is 0 Å². The zero-order chi connectivity index (χ0) is 18.6. The molecule has 0 saturated carbocycles. The van der Waals surface area contributed by atoms with Gasteiger partial charge in [0.2, 0.25) is 5.91 Å². The number of ether oxygens (including phenoxy) is 1. The molecule has 0 radical (unpaired) electrons. The SMILES string of the molecule is COc1ccc([C@@H]2[C@@H](Sc3ccccc3)C(=O)N2Cc2ccccc2)cc1. The van der Waals surface area contributed by atoms with E-state index in [2.05, 4.69) is 36.4 Å². The highest BCUT2D eigenvalue weighted by atomic mass is 32.2. The largest absolute Gasteiger partial charge is 0.497 e. The molecule has 0 aromatic heterocycles. The first-order valence-electron chi connectivity index (χ1n) is 8.96. The van der Waals surface area contributed by atoms with Gasteiger partial charge in [-0.1, -0.05) is 60.7 Å². The minimum Gasteiger partial charge on any atom is -0.497 e. The van der Waals surface area contributed by atoms with Crippen LogP contribution < -0.4 is 4.74 Å². The van der Waals surface area contributed by atoms with E-state index >= 15 is 0 Å².